The van der Waals surface area contributed by atoms with E-state index in [1.165, 1.54) is 16.7 Å². The van der Waals surface area contributed by atoms with Crippen molar-refractivity contribution in [3.8, 4) is 0 Å². The van der Waals surface area contributed by atoms with Gasteiger partial charge >= 0.3 is 0 Å². The van der Waals surface area contributed by atoms with E-state index in [-0.39, 0.29) is 0 Å². The molecule has 0 spiro atoms. The normalized spacial score (nSPS) is 16.6. The second-order valence-corrected chi connectivity index (χ2v) is 4.24. The third-order valence-electron chi connectivity index (χ3n) is 2.78. The average molecular weight is 199 g/mol. The van der Waals surface area contributed by atoms with Gasteiger partial charge in [-0.25, -0.2) is 0 Å². The molecule has 1 aliphatic heterocycles. The van der Waals surface area contributed by atoms with E-state index in [0.29, 0.717) is 5.92 Å². The molecule has 1 nitrogen and oxygen atoms in total. The minimum atomic E-state index is 0.597. The zero-order chi connectivity index (χ0) is 10.7. The zero-order valence-electron chi connectivity index (χ0n) is 9.38. The predicted octanol–water partition coefficient (Wildman–Crippen LogP) is 3.23. The number of rotatable bonds is 2. The first kappa shape index (κ1) is 10.4. The summed E-state index contributed by atoms with van der Waals surface area (Å²) >= 11 is 0. The van der Waals surface area contributed by atoms with Crippen molar-refractivity contribution in [2.24, 2.45) is 0 Å². The van der Waals surface area contributed by atoms with Crippen molar-refractivity contribution in [1.29, 1.82) is 0 Å². The van der Waals surface area contributed by atoms with Crippen LogP contribution >= 0.6 is 0 Å². The summed E-state index contributed by atoms with van der Waals surface area (Å²) < 4.78 is 0. The molecule has 1 N–H and O–H groups in total. The highest BCUT2D eigenvalue weighted by Gasteiger charge is 2.07. The van der Waals surface area contributed by atoms with E-state index < -0.39 is 0 Å². The van der Waals surface area contributed by atoms with Gasteiger partial charge in [-0.15, -0.1) is 0 Å². The van der Waals surface area contributed by atoms with Gasteiger partial charge in [-0.3, -0.25) is 0 Å². The summed E-state index contributed by atoms with van der Waals surface area (Å²) in [6, 6.07) is 8.82. The van der Waals surface area contributed by atoms with Crippen LogP contribution in [0, 0.1) is 6.54 Å². The van der Waals surface area contributed by atoms with Crippen molar-refractivity contribution in [3.63, 3.8) is 0 Å². The third-order valence-corrected chi connectivity index (χ3v) is 2.78. The van der Waals surface area contributed by atoms with Crippen LogP contribution < -0.4 is 5.32 Å². The highest BCUT2D eigenvalue weighted by atomic mass is 14.8. The van der Waals surface area contributed by atoms with Crippen molar-refractivity contribution in [1.82, 2.24) is 5.32 Å². The van der Waals surface area contributed by atoms with Crippen LogP contribution in [0.5, 0.6) is 0 Å². The van der Waals surface area contributed by atoms with Crippen LogP contribution in [0.25, 0.3) is 5.57 Å². The quantitative estimate of drug-likeness (QED) is 0.771. The van der Waals surface area contributed by atoms with Gasteiger partial charge in [-0.05, 0) is 29.0 Å². The van der Waals surface area contributed by atoms with E-state index in [9.17, 15) is 0 Å². The Kier molecular flexibility index (Phi) is 3.22. The monoisotopic (exact) mass is 199 g/mol. The fourth-order valence-electron chi connectivity index (χ4n) is 1.79. The minimum Gasteiger partial charge on any atom is -0.304 e. The summed E-state index contributed by atoms with van der Waals surface area (Å²) in [5, 5.41) is 3.10. The van der Waals surface area contributed by atoms with Crippen LogP contribution in [-0.4, -0.2) is 6.54 Å². The number of benzene rings is 1. The summed E-state index contributed by atoms with van der Waals surface area (Å²) in [6.07, 6.45) is 3.15. The predicted molar refractivity (Wildman–Crippen MR) is 64.4 cm³/mol. The minimum absolute atomic E-state index is 0.597. The molecule has 1 aliphatic rings. The Bertz CT molecular complexity index is 363. The van der Waals surface area contributed by atoms with E-state index in [4.69, 9.17) is 0 Å². The first-order valence-electron chi connectivity index (χ1n) is 5.52. The molecular weight excluding hydrogens is 182 g/mol. The molecule has 0 fully saturated rings. The molecule has 1 heterocycles. The molecule has 1 aromatic carbocycles. The zero-order valence-corrected chi connectivity index (χ0v) is 9.38. The molecular formula is C14H17N. The lowest BCUT2D eigenvalue weighted by Gasteiger charge is -2.15. The summed E-state index contributed by atoms with van der Waals surface area (Å²) in [5.74, 6) is 0.597. The average Bonchev–Trinajstić information content (AvgIpc) is 2.30. The van der Waals surface area contributed by atoms with Gasteiger partial charge in [0.15, 0.2) is 0 Å². The number of hydrogen-bond acceptors (Lipinski definition) is 1. The molecule has 2 rings (SSSR count). The van der Waals surface area contributed by atoms with Gasteiger partial charge < -0.3 is 5.32 Å². The van der Waals surface area contributed by atoms with Crippen molar-refractivity contribution in [2.75, 3.05) is 6.54 Å². The van der Waals surface area contributed by atoms with Crippen molar-refractivity contribution < 1.29 is 0 Å². The molecule has 0 bridgehead atoms. The first-order chi connectivity index (χ1) is 7.27. The van der Waals surface area contributed by atoms with E-state index in [0.717, 1.165) is 13.0 Å². The van der Waals surface area contributed by atoms with Crippen LogP contribution in [0.3, 0.4) is 0 Å². The van der Waals surface area contributed by atoms with Crippen LogP contribution in [0.15, 0.2) is 30.3 Å². The van der Waals surface area contributed by atoms with E-state index in [2.05, 4.69) is 56.1 Å². The molecule has 0 saturated carbocycles. The lowest BCUT2D eigenvalue weighted by Crippen LogP contribution is -2.14. The number of hydrogen-bond donors (Lipinski definition) is 1. The van der Waals surface area contributed by atoms with Crippen molar-refractivity contribution >= 4 is 5.57 Å². The first-order valence-corrected chi connectivity index (χ1v) is 5.52. The topological polar surface area (TPSA) is 12.0 Å². The largest absolute Gasteiger partial charge is 0.304 e. The van der Waals surface area contributed by atoms with Gasteiger partial charge in [0, 0.05) is 6.54 Å². The molecule has 2 radical (unpaired) electrons. The second kappa shape index (κ2) is 4.63. The third kappa shape index (κ3) is 2.48. The maximum Gasteiger partial charge on any atom is 0.0636 e. The summed E-state index contributed by atoms with van der Waals surface area (Å²) in [7, 11) is 0. The lowest BCUT2D eigenvalue weighted by molar-refractivity contribution is 0.837. The van der Waals surface area contributed by atoms with Gasteiger partial charge in [-0.1, -0.05) is 44.2 Å². The maximum absolute atomic E-state index is 3.16. The molecule has 0 amide bonds. The molecule has 78 valence electrons. The van der Waals surface area contributed by atoms with Gasteiger partial charge in [0.2, 0.25) is 0 Å². The standard InChI is InChI=1S/C14H17N/c1-11(2)13-4-3-5-14(10-13)12-6-8-15-9-7-12/h3-6,10-11,15H,7-8H2,1-2H3. The smallest absolute Gasteiger partial charge is 0.0636 e. The highest BCUT2D eigenvalue weighted by Crippen LogP contribution is 2.24. The maximum atomic E-state index is 3.16. The summed E-state index contributed by atoms with van der Waals surface area (Å²) in [6.45, 7) is 8.53. The fourth-order valence-corrected chi connectivity index (χ4v) is 1.79. The van der Waals surface area contributed by atoms with E-state index >= 15 is 0 Å². The molecule has 15 heavy (non-hydrogen) atoms. The second-order valence-electron chi connectivity index (χ2n) is 4.24. The molecule has 0 atom stereocenters. The lowest BCUT2D eigenvalue weighted by atomic mass is 9.95. The molecule has 1 aromatic rings. The van der Waals surface area contributed by atoms with Crippen LogP contribution in [0.4, 0.5) is 0 Å². The highest BCUT2D eigenvalue weighted by molar-refractivity contribution is 5.67. The Morgan fingerprint density at radius 3 is 2.87 bits per heavy atom. The molecule has 0 saturated heterocycles. The van der Waals surface area contributed by atoms with Crippen molar-refractivity contribution in [2.45, 2.75) is 26.2 Å². The van der Waals surface area contributed by atoms with Gasteiger partial charge in [-0.2, -0.15) is 0 Å². The van der Waals surface area contributed by atoms with Gasteiger partial charge in [0.25, 0.3) is 0 Å². The number of nitrogens with one attached hydrogen (secondary N) is 1. The van der Waals surface area contributed by atoms with Gasteiger partial charge in [0.1, 0.15) is 0 Å². The van der Waals surface area contributed by atoms with Crippen molar-refractivity contribution in [3.05, 3.63) is 48.0 Å². The van der Waals surface area contributed by atoms with E-state index in [1.54, 1.807) is 0 Å². The fraction of sp³-hybridized carbons (Fsp3) is 0.357. The Morgan fingerprint density at radius 2 is 2.20 bits per heavy atom. The summed E-state index contributed by atoms with van der Waals surface area (Å²) in [4.78, 5) is 0. The Hall–Kier alpha value is -1.08. The summed E-state index contributed by atoms with van der Waals surface area (Å²) in [5.41, 5.74) is 4.14. The molecule has 0 aromatic heterocycles. The van der Waals surface area contributed by atoms with E-state index in [1.807, 2.05) is 0 Å². The van der Waals surface area contributed by atoms with Crippen LogP contribution in [0.2, 0.25) is 0 Å². The Morgan fingerprint density at radius 1 is 1.33 bits per heavy atom. The van der Waals surface area contributed by atoms with Gasteiger partial charge in [0.05, 0.1) is 6.54 Å². The molecule has 0 aliphatic carbocycles. The van der Waals surface area contributed by atoms with Crippen LogP contribution in [0.1, 0.15) is 37.3 Å². The SMILES string of the molecule is CC(C)c1cccc(C2=CCN[C]C2)c1. The molecule has 0 unspecified atom stereocenters. The Labute approximate surface area is 92.2 Å². The molecule has 1 heteroatoms. The van der Waals surface area contributed by atoms with Crippen LogP contribution in [-0.2, 0) is 0 Å². The Balaban J connectivity index is 2.27.